The molecule has 1 unspecified atom stereocenters. The molecule has 0 fully saturated rings. The van der Waals surface area contributed by atoms with Crippen molar-refractivity contribution < 1.29 is 9.47 Å². The summed E-state index contributed by atoms with van der Waals surface area (Å²) in [6, 6.07) is 15.4. The summed E-state index contributed by atoms with van der Waals surface area (Å²) in [6.45, 7) is 4.89. The number of aliphatic imine (C=N–C) groups is 1. The number of nitrogens with one attached hydrogen (secondary N) is 1. The van der Waals surface area contributed by atoms with E-state index in [4.69, 9.17) is 9.47 Å². The molecule has 0 amide bonds. The molecular formula is C23H26N2O2. The fourth-order valence-electron chi connectivity index (χ4n) is 3.73. The van der Waals surface area contributed by atoms with Crippen molar-refractivity contribution in [3.05, 3.63) is 65.2 Å². The SMILES string of the molecule is COCCOC1(C2=NCCN2)C=Cc2ccc(-c3ccc(C)cc3)cc2C1. The second-order valence-corrected chi connectivity index (χ2v) is 7.18. The first kappa shape index (κ1) is 18.0. The molecule has 1 heterocycles. The number of nitrogens with zero attached hydrogens (tertiary/aromatic N) is 1. The van der Waals surface area contributed by atoms with Gasteiger partial charge in [0.25, 0.3) is 0 Å². The van der Waals surface area contributed by atoms with Crippen LogP contribution in [0.5, 0.6) is 0 Å². The molecule has 2 aromatic rings. The number of methoxy groups -OCH3 is 1. The lowest BCUT2D eigenvalue weighted by atomic mass is 9.83. The third-order valence-corrected chi connectivity index (χ3v) is 5.24. The first-order valence-corrected chi connectivity index (χ1v) is 9.51. The van der Waals surface area contributed by atoms with Crippen LogP contribution in [0.2, 0.25) is 0 Å². The van der Waals surface area contributed by atoms with Crippen LogP contribution in [0, 0.1) is 6.92 Å². The average Bonchev–Trinajstić information content (AvgIpc) is 3.24. The molecule has 0 saturated heterocycles. The molecule has 1 aliphatic carbocycles. The van der Waals surface area contributed by atoms with E-state index in [0.29, 0.717) is 13.2 Å². The van der Waals surface area contributed by atoms with Gasteiger partial charge in [0.1, 0.15) is 11.4 Å². The monoisotopic (exact) mass is 362 g/mol. The Morgan fingerprint density at radius 2 is 1.89 bits per heavy atom. The van der Waals surface area contributed by atoms with Crippen LogP contribution in [0.3, 0.4) is 0 Å². The van der Waals surface area contributed by atoms with Gasteiger partial charge in [0.05, 0.1) is 19.8 Å². The summed E-state index contributed by atoms with van der Waals surface area (Å²) in [6.07, 6.45) is 5.08. The minimum absolute atomic E-state index is 0.534. The smallest absolute Gasteiger partial charge is 0.147 e. The van der Waals surface area contributed by atoms with Crippen LogP contribution in [-0.4, -0.2) is 44.8 Å². The highest BCUT2D eigenvalue weighted by atomic mass is 16.5. The number of hydrogen-bond acceptors (Lipinski definition) is 4. The Balaban J connectivity index is 1.66. The van der Waals surface area contributed by atoms with Crippen LogP contribution in [-0.2, 0) is 15.9 Å². The normalized spacial score (nSPS) is 20.9. The minimum Gasteiger partial charge on any atom is -0.382 e. The topological polar surface area (TPSA) is 42.9 Å². The summed E-state index contributed by atoms with van der Waals surface area (Å²) in [5, 5.41) is 3.41. The highest BCUT2D eigenvalue weighted by molar-refractivity contribution is 5.96. The maximum Gasteiger partial charge on any atom is 0.147 e. The van der Waals surface area contributed by atoms with Gasteiger partial charge in [0, 0.05) is 20.1 Å². The number of fused-ring (bicyclic) bond motifs is 1. The fourth-order valence-corrected chi connectivity index (χ4v) is 3.73. The van der Waals surface area contributed by atoms with E-state index in [-0.39, 0.29) is 0 Å². The Morgan fingerprint density at radius 3 is 2.63 bits per heavy atom. The molecule has 4 nitrogen and oxygen atoms in total. The summed E-state index contributed by atoms with van der Waals surface area (Å²) >= 11 is 0. The summed E-state index contributed by atoms with van der Waals surface area (Å²) in [5.41, 5.74) is 5.74. The zero-order chi connectivity index (χ0) is 18.7. The van der Waals surface area contributed by atoms with Crippen molar-refractivity contribution in [1.82, 2.24) is 5.32 Å². The molecule has 4 rings (SSSR count). The maximum atomic E-state index is 6.31. The Labute approximate surface area is 160 Å². The summed E-state index contributed by atoms with van der Waals surface area (Å²) in [4.78, 5) is 4.66. The molecule has 27 heavy (non-hydrogen) atoms. The number of aryl methyl sites for hydroxylation is 1. The van der Waals surface area contributed by atoms with Crippen molar-refractivity contribution in [3.63, 3.8) is 0 Å². The van der Waals surface area contributed by atoms with E-state index in [1.54, 1.807) is 7.11 Å². The number of amidine groups is 1. The molecule has 2 aromatic carbocycles. The van der Waals surface area contributed by atoms with Crippen molar-refractivity contribution in [2.75, 3.05) is 33.4 Å². The van der Waals surface area contributed by atoms with E-state index in [9.17, 15) is 0 Å². The lowest BCUT2D eigenvalue weighted by Crippen LogP contribution is -2.49. The van der Waals surface area contributed by atoms with Gasteiger partial charge in [0.2, 0.25) is 0 Å². The molecule has 1 atom stereocenters. The van der Waals surface area contributed by atoms with E-state index in [1.807, 2.05) is 0 Å². The summed E-state index contributed by atoms with van der Waals surface area (Å²) in [5.74, 6) is 0.932. The Hall–Kier alpha value is -2.43. The van der Waals surface area contributed by atoms with Gasteiger partial charge in [-0.3, -0.25) is 4.99 Å². The van der Waals surface area contributed by atoms with Gasteiger partial charge in [-0.25, -0.2) is 0 Å². The second-order valence-electron chi connectivity index (χ2n) is 7.18. The predicted molar refractivity (Wildman–Crippen MR) is 110 cm³/mol. The first-order valence-electron chi connectivity index (χ1n) is 9.51. The quantitative estimate of drug-likeness (QED) is 0.798. The summed E-state index contributed by atoms with van der Waals surface area (Å²) < 4.78 is 11.5. The lowest BCUT2D eigenvalue weighted by molar-refractivity contribution is 0.00722. The highest BCUT2D eigenvalue weighted by Gasteiger charge is 2.38. The molecule has 4 heteroatoms. The van der Waals surface area contributed by atoms with Gasteiger partial charge in [-0.15, -0.1) is 0 Å². The van der Waals surface area contributed by atoms with E-state index in [0.717, 1.165) is 25.3 Å². The first-order chi connectivity index (χ1) is 13.2. The van der Waals surface area contributed by atoms with Gasteiger partial charge >= 0.3 is 0 Å². The second kappa shape index (κ2) is 7.67. The minimum atomic E-state index is -0.534. The third kappa shape index (κ3) is 3.68. The molecule has 1 N–H and O–H groups in total. The molecule has 0 saturated carbocycles. The van der Waals surface area contributed by atoms with E-state index in [2.05, 4.69) is 71.8 Å². The van der Waals surface area contributed by atoms with E-state index < -0.39 is 5.60 Å². The Kier molecular flexibility index (Phi) is 5.10. The average molecular weight is 362 g/mol. The van der Waals surface area contributed by atoms with Crippen LogP contribution in [0.4, 0.5) is 0 Å². The Morgan fingerprint density at radius 1 is 1.07 bits per heavy atom. The van der Waals surface area contributed by atoms with Crippen LogP contribution in [0.1, 0.15) is 16.7 Å². The van der Waals surface area contributed by atoms with Crippen LogP contribution >= 0.6 is 0 Å². The molecule has 0 aromatic heterocycles. The van der Waals surface area contributed by atoms with Crippen molar-refractivity contribution in [2.45, 2.75) is 18.9 Å². The van der Waals surface area contributed by atoms with Crippen molar-refractivity contribution in [1.29, 1.82) is 0 Å². The maximum absolute atomic E-state index is 6.31. The number of rotatable bonds is 6. The van der Waals surface area contributed by atoms with Crippen molar-refractivity contribution in [3.8, 4) is 11.1 Å². The van der Waals surface area contributed by atoms with Crippen LogP contribution in [0.15, 0.2) is 53.5 Å². The molecule has 0 radical (unpaired) electrons. The number of hydrogen-bond donors (Lipinski definition) is 1. The number of benzene rings is 2. The van der Waals surface area contributed by atoms with Crippen molar-refractivity contribution in [2.24, 2.45) is 4.99 Å². The van der Waals surface area contributed by atoms with Gasteiger partial charge in [-0.1, -0.05) is 54.1 Å². The highest BCUT2D eigenvalue weighted by Crippen LogP contribution is 2.33. The van der Waals surface area contributed by atoms with Crippen molar-refractivity contribution >= 4 is 11.9 Å². The molecule has 0 spiro atoms. The van der Waals surface area contributed by atoms with Gasteiger partial charge in [-0.05, 0) is 35.3 Å². The largest absolute Gasteiger partial charge is 0.382 e. The van der Waals surface area contributed by atoms with E-state index >= 15 is 0 Å². The van der Waals surface area contributed by atoms with Gasteiger partial charge < -0.3 is 14.8 Å². The molecule has 0 bridgehead atoms. The predicted octanol–water partition coefficient (Wildman–Crippen LogP) is 3.63. The van der Waals surface area contributed by atoms with E-state index in [1.165, 1.54) is 27.8 Å². The third-order valence-electron chi connectivity index (χ3n) is 5.24. The zero-order valence-electron chi connectivity index (χ0n) is 16.0. The lowest BCUT2D eigenvalue weighted by Gasteiger charge is -2.34. The van der Waals surface area contributed by atoms with Gasteiger partial charge in [-0.2, -0.15) is 0 Å². The molecular weight excluding hydrogens is 336 g/mol. The van der Waals surface area contributed by atoms with Gasteiger partial charge in [0.15, 0.2) is 0 Å². The molecule has 2 aliphatic rings. The fraction of sp³-hybridized carbons (Fsp3) is 0.348. The molecule has 140 valence electrons. The summed E-state index contributed by atoms with van der Waals surface area (Å²) in [7, 11) is 1.70. The standard InChI is InChI=1S/C23H26N2O2/c1-17-3-5-18(6-4-17)20-8-7-19-9-10-23(16-21(19)15-20,27-14-13-26-2)22-24-11-12-25-22/h3-10,15H,11-14,16H2,1-2H3,(H,24,25). The number of ether oxygens (including phenoxy) is 2. The Bertz CT molecular complexity index is 870. The van der Waals surface area contributed by atoms with Crippen LogP contribution in [0.25, 0.3) is 17.2 Å². The zero-order valence-corrected chi connectivity index (χ0v) is 16.0. The van der Waals surface area contributed by atoms with Crippen LogP contribution < -0.4 is 5.32 Å². The molecule has 1 aliphatic heterocycles.